The predicted molar refractivity (Wildman–Crippen MR) is 81.2 cm³/mol. The maximum Gasteiger partial charge on any atom is 0.131 e. The first-order valence-electron chi connectivity index (χ1n) is 6.68. The number of nitrogens with zero attached hydrogens (tertiary/aromatic N) is 3. The lowest BCUT2D eigenvalue weighted by atomic mass is 10.2. The van der Waals surface area contributed by atoms with Crippen LogP contribution in [-0.4, -0.2) is 17.0 Å². The third-order valence-corrected chi connectivity index (χ3v) is 3.55. The molecule has 0 unspecified atom stereocenters. The van der Waals surface area contributed by atoms with Crippen molar-refractivity contribution in [3.05, 3.63) is 41.4 Å². The van der Waals surface area contributed by atoms with Gasteiger partial charge in [0, 0.05) is 25.1 Å². The molecule has 0 aromatic carbocycles. The molecule has 0 amide bonds. The highest BCUT2D eigenvalue weighted by molar-refractivity contribution is 6.17. The monoisotopic (exact) mass is 293 g/mol. The molecule has 0 fully saturated rings. The smallest absolute Gasteiger partial charge is 0.131 e. The van der Waals surface area contributed by atoms with Gasteiger partial charge in [-0.3, -0.25) is 0 Å². The molecule has 2 heterocycles. The molecule has 2 aromatic rings. The minimum Gasteiger partial charge on any atom is -0.469 e. The first-order chi connectivity index (χ1) is 9.52. The second-order valence-electron chi connectivity index (χ2n) is 5.21. The number of hydrogen-bond acceptors (Lipinski definition) is 4. The van der Waals surface area contributed by atoms with Crippen LogP contribution in [0.25, 0.3) is 0 Å². The fourth-order valence-electron chi connectivity index (χ4n) is 2.04. The zero-order valence-electron chi connectivity index (χ0n) is 12.4. The molecule has 0 aliphatic rings. The molecule has 0 radical (unpaired) electrons. The summed E-state index contributed by atoms with van der Waals surface area (Å²) in [5.41, 5.74) is 2.99. The van der Waals surface area contributed by atoms with E-state index >= 15 is 0 Å². The van der Waals surface area contributed by atoms with E-state index in [1.165, 1.54) is 0 Å². The third kappa shape index (κ3) is 3.12. The van der Waals surface area contributed by atoms with Gasteiger partial charge < -0.3 is 9.32 Å². The van der Waals surface area contributed by atoms with E-state index in [1.54, 1.807) is 6.26 Å². The maximum absolute atomic E-state index is 6.03. The number of anilines is 1. The predicted octanol–water partition coefficient (Wildman–Crippen LogP) is 3.88. The molecule has 0 aliphatic heterocycles. The zero-order valence-corrected chi connectivity index (χ0v) is 13.1. The highest BCUT2D eigenvalue weighted by atomic mass is 35.5. The Kier molecular flexibility index (Phi) is 4.65. The van der Waals surface area contributed by atoms with Crippen LogP contribution in [0.3, 0.4) is 0 Å². The maximum atomic E-state index is 6.03. The van der Waals surface area contributed by atoms with Crippen LogP contribution in [0, 0.1) is 6.92 Å². The summed E-state index contributed by atoms with van der Waals surface area (Å²) in [5.74, 6) is 2.44. The van der Waals surface area contributed by atoms with E-state index in [1.807, 2.05) is 26.2 Å². The Morgan fingerprint density at radius 1 is 1.40 bits per heavy atom. The van der Waals surface area contributed by atoms with Gasteiger partial charge in [0.25, 0.3) is 0 Å². The van der Waals surface area contributed by atoms with Gasteiger partial charge in [-0.1, -0.05) is 13.8 Å². The first kappa shape index (κ1) is 14.9. The minimum absolute atomic E-state index is 0.299. The highest BCUT2D eigenvalue weighted by Crippen LogP contribution is 2.23. The van der Waals surface area contributed by atoms with Crippen LogP contribution in [0.2, 0.25) is 0 Å². The van der Waals surface area contributed by atoms with Crippen molar-refractivity contribution < 1.29 is 4.42 Å². The van der Waals surface area contributed by atoms with E-state index in [9.17, 15) is 0 Å². The van der Waals surface area contributed by atoms with Crippen LogP contribution in [0.5, 0.6) is 0 Å². The van der Waals surface area contributed by atoms with E-state index in [0.29, 0.717) is 11.8 Å². The van der Waals surface area contributed by atoms with E-state index in [-0.39, 0.29) is 0 Å². The Labute approximate surface area is 124 Å². The van der Waals surface area contributed by atoms with E-state index in [2.05, 4.69) is 28.7 Å². The molecule has 0 bridgehead atoms. The summed E-state index contributed by atoms with van der Waals surface area (Å²) >= 11 is 6.03. The normalized spacial score (nSPS) is 11.1. The van der Waals surface area contributed by atoms with Crippen molar-refractivity contribution in [1.29, 1.82) is 0 Å². The van der Waals surface area contributed by atoms with Gasteiger partial charge in [-0.2, -0.15) is 0 Å². The van der Waals surface area contributed by atoms with Crippen LogP contribution in [-0.2, 0) is 12.4 Å². The van der Waals surface area contributed by atoms with Gasteiger partial charge in [-0.05, 0) is 13.0 Å². The molecule has 5 heteroatoms. The summed E-state index contributed by atoms with van der Waals surface area (Å²) < 4.78 is 5.32. The molecule has 108 valence electrons. The van der Waals surface area contributed by atoms with Crippen molar-refractivity contribution in [2.45, 2.75) is 39.1 Å². The summed E-state index contributed by atoms with van der Waals surface area (Å²) in [5, 5.41) is 0. The molecule has 0 atom stereocenters. The molecule has 0 saturated heterocycles. The van der Waals surface area contributed by atoms with Gasteiger partial charge in [0.15, 0.2) is 0 Å². The molecule has 20 heavy (non-hydrogen) atoms. The molecule has 0 saturated carbocycles. The van der Waals surface area contributed by atoms with Crippen LogP contribution < -0.4 is 4.90 Å². The van der Waals surface area contributed by atoms with Crippen molar-refractivity contribution in [3.8, 4) is 0 Å². The highest BCUT2D eigenvalue weighted by Gasteiger charge is 2.14. The number of aryl methyl sites for hydroxylation is 1. The number of hydrogen-bond donors (Lipinski definition) is 0. The fourth-order valence-corrected chi connectivity index (χ4v) is 2.23. The van der Waals surface area contributed by atoms with Gasteiger partial charge in [0.05, 0.1) is 29.7 Å². The third-order valence-electron chi connectivity index (χ3n) is 3.29. The molecule has 0 N–H and O–H groups in total. The van der Waals surface area contributed by atoms with Gasteiger partial charge in [-0.25, -0.2) is 9.97 Å². The van der Waals surface area contributed by atoms with Crippen LogP contribution in [0.4, 0.5) is 5.69 Å². The Balaban J connectivity index is 2.25. The SMILES string of the molecule is Cc1occc1CN(C)c1cnc(C(C)C)nc1CCl. The van der Waals surface area contributed by atoms with Gasteiger partial charge >= 0.3 is 0 Å². The van der Waals surface area contributed by atoms with Gasteiger partial charge in [0.2, 0.25) is 0 Å². The summed E-state index contributed by atoms with van der Waals surface area (Å²) in [7, 11) is 2.01. The summed E-state index contributed by atoms with van der Waals surface area (Å²) in [6.45, 7) is 6.86. The van der Waals surface area contributed by atoms with Crippen molar-refractivity contribution in [3.63, 3.8) is 0 Å². The average molecular weight is 294 g/mol. The lowest BCUT2D eigenvalue weighted by Gasteiger charge is -2.21. The van der Waals surface area contributed by atoms with Crippen LogP contribution >= 0.6 is 11.6 Å². The van der Waals surface area contributed by atoms with E-state index in [4.69, 9.17) is 16.0 Å². The van der Waals surface area contributed by atoms with Gasteiger partial charge in [-0.15, -0.1) is 11.6 Å². The molecule has 2 rings (SSSR count). The number of aromatic nitrogens is 2. The van der Waals surface area contributed by atoms with Crippen LogP contribution in [0.1, 0.15) is 42.6 Å². The summed E-state index contributed by atoms with van der Waals surface area (Å²) in [6, 6.07) is 1.98. The van der Waals surface area contributed by atoms with Crippen molar-refractivity contribution in [1.82, 2.24) is 9.97 Å². The number of halogens is 1. The lowest BCUT2D eigenvalue weighted by Crippen LogP contribution is -2.19. The largest absolute Gasteiger partial charge is 0.469 e. The number of alkyl halides is 1. The zero-order chi connectivity index (χ0) is 14.7. The molecular formula is C15H20ClN3O. The standard InChI is InChI=1S/C15H20ClN3O/c1-10(2)15-17-8-14(13(7-16)18-15)19(4)9-12-5-6-20-11(12)3/h5-6,8,10H,7,9H2,1-4H3. The Bertz CT molecular complexity index is 580. The quantitative estimate of drug-likeness (QED) is 0.785. The van der Waals surface area contributed by atoms with E-state index in [0.717, 1.165) is 35.1 Å². The number of rotatable bonds is 5. The van der Waals surface area contributed by atoms with Gasteiger partial charge in [0.1, 0.15) is 11.6 Å². The number of furan rings is 1. The molecule has 0 aliphatic carbocycles. The summed E-state index contributed by atoms with van der Waals surface area (Å²) in [4.78, 5) is 11.1. The van der Waals surface area contributed by atoms with E-state index < -0.39 is 0 Å². The summed E-state index contributed by atoms with van der Waals surface area (Å²) in [6.07, 6.45) is 3.56. The van der Waals surface area contributed by atoms with Crippen molar-refractivity contribution in [2.75, 3.05) is 11.9 Å². The first-order valence-corrected chi connectivity index (χ1v) is 7.22. The Hall–Kier alpha value is -1.55. The Morgan fingerprint density at radius 3 is 2.70 bits per heavy atom. The fraction of sp³-hybridized carbons (Fsp3) is 0.467. The molecular weight excluding hydrogens is 274 g/mol. The second kappa shape index (κ2) is 6.27. The lowest BCUT2D eigenvalue weighted by molar-refractivity contribution is 0.529. The average Bonchev–Trinajstić information content (AvgIpc) is 2.83. The Morgan fingerprint density at radius 2 is 2.15 bits per heavy atom. The topological polar surface area (TPSA) is 42.2 Å². The molecule has 0 spiro atoms. The van der Waals surface area contributed by atoms with Crippen molar-refractivity contribution >= 4 is 17.3 Å². The molecule has 2 aromatic heterocycles. The van der Waals surface area contributed by atoms with Crippen LogP contribution in [0.15, 0.2) is 22.9 Å². The van der Waals surface area contributed by atoms with Crippen molar-refractivity contribution in [2.24, 2.45) is 0 Å². The second-order valence-corrected chi connectivity index (χ2v) is 5.47. The molecule has 4 nitrogen and oxygen atoms in total. The minimum atomic E-state index is 0.299.